The van der Waals surface area contributed by atoms with Gasteiger partial charge in [0.15, 0.2) is 11.6 Å². The van der Waals surface area contributed by atoms with Gasteiger partial charge in [0.2, 0.25) is 0 Å². The molecule has 1 heterocycles. The maximum absolute atomic E-state index is 13.2. The standard InChI is InChI=1S/C16H14F2N2O3S/c1-10(2)20-16-6-4-13(7-11(16)9-19-20)24(21,22)23-12-3-5-14(17)15(18)8-12/h3-10H,1-2H3. The first-order chi connectivity index (χ1) is 11.3. The first kappa shape index (κ1) is 16.4. The fourth-order valence-electron chi connectivity index (χ4n) is 2.30. The predicted octanol–water partition coefficient (Wildman–Crippen LogP) is 3.66. The Labute approximate surface area is 137 Å². The van der Waals surface area contributed by atoms with Crippen LogP contribution in [-0.2, 0) is 10.1 Å². The van der Waals surface area contributed by atoms with Crippen LogP contribution >= 0.6 is 0 Å². The molecule has 0 saturated heterocycles. The second kappa shape index (κ2) is 5.86. The highest BCUT2D eigenvalue weighted by molar-refractivity contribution is 7.87. The Balaban J connectivity index is 1.97. The largest absolute Gasteiger partial charge is 0.379 e. The second-order valence-electron chi connectivity index (χ2n) is 5.52. The van der Waals surface area contributed by atoms with Crippen molar-refractivity contribution in [1.29, 1.82) is 0 Å². The molecule has 0 aliphatic rings. The summed E-state index contributed by atoms with van der Waals surface area (Å²) >= 11 is 0. The first-order valence-electron chi connectivity index (χ1n) is 7.15. The van der Waals surface area contributed by atoms with Crippen LogP contribution in [0.4, 0.5) is 8.78 Å². The van der Waals surface area contributed by atoms with Crippen molar-refractivity contribution in [3.63, 3.8) is 0 Å². The van der Waals surface area contributed by atoms with E-state index in [0.29, 0.717) is 11.5 Å². The number of benzene rings is 2. The van der Waals surface area contributed by atoms with Crippen LogP contribution in [0.1, 0.15) is 19.9 Å². The Morgan fingerprint density at radius 2 is 1.83 bits per heavy atom. The lowest BCUT2D eigenvalue weighted by Gasteiger charge is -2.09. The van der Waals surface area contributed by atoms with Crippen molar-refractivity contribution in [1.82, 2.24) is 9.78 Å². The molecular weight excluding hydrogens is 338 g/mol. The number of hydrogen-bond acceptors (Lipinski definition) is 4. The van der Waals surface area contributed by atoms with Crippen LogP contribution in [-0.4, -0.2) is 18.2 Å². The van der Waals surface area contributed by atoms with E-state index < -0.39 is 21.8 Å². The van der Waals surface area contributed by atoms with Gasteiger partial charge in [-0.15, -0.1) is 0 Å². The molecule has 0 aliphatic heterocycles. The summed E-state index contributed by atoms with van der Waals surface area (Å²) in [6.45, 7) is 3.92. The number of aromatic nitrogens is 2. The summed E-state index contributed by atoms with van der Waals surface area (Å²) in [7, 11) is -4.17. The van der Waals surface area contributed by atoms with Crippen molar-refractivity contribution in [2.24, 2.45) is 0 Å². The molecule has 24 heavy (non-hydrogen) atoms. The Morgan fingerprint density at radius 1 is 1.08 bits per heavy atom. The van der Waals surface area contributed by atoms with Crippen LogP contribution in [0.5, 0.6) is 5.75 Å². The topological polar surface area (TPSA) is 61.2 Å². The summed E-state index contributed by atoms with van der Waals surface area (Å²) in [5, 5.41) is 4.85. The van der Waals surface area contributed by atoms with E-state index in [4.69, 9.17) is 4.18 Å². The van der Waals surface area contributed by atoms with E-state index in [0.717, 1.165) is 17.6 Å². The molecule has 0 spiro atoms. The van der Waals surface area contributed by atoms with Crippen molar-refractivity contribution in [2.45, 2.75) is 24.8 Å². The van der Waals surface area contributed by atoms with E-state index in [2.05, 4.69) is 5.10 Å². The number of rotatable bonds is 4. The third-order valence-corrected chi connectivity index (χ3v) is 4.69. The molecule has 0 atom stereocenters. The van der Waals surface area contributed by atoms with Crippen LogP contribution in [0.25, 0.3) is 10.9 Å². The molecule has 0 bridgehead atoms. The first-order valence-corrected chi connectivity index (χ1v) is 8.55. The van der Waals surface area contributed by atoms with Gasteiger partial charge in [-0.05, 0) is 44.2 Å². The van der Waals surface area contributed by atoms with Gasteiger partial charge in [0.05, 0.1) is 11.7 Å². The molecule has 8 heteroatoms. The minimum absolute atomic E-state index is 0.0944. The zero-order valence-electron chi connectivity index (χ0n) is 12.9. The summed E-state index contributed by atoms with van der Waals surface area (Å²) in [5.41, 5.74) is 0.789. The van der Waals surface area contributed by atoms with Gasteiger partial charge in [-0.3, -0.25) is 4.68 Å². The summed E-state index contributed by atoms with van der Waals surface area (Å²) < 4.78 is 57.4. The normalized spacial score (nSPS) is 12.0. The van der Waals surface area contributed by atoms with E-state index in [1.807, 2.05) is 13.8 Å². The zero-order valence-corrected chi connectivity index (χ0v) is 13.7. The third kappa shape index (κ3) is 2.96. The fraction of sp³-hybridized carbons (Fsp3) is 0.188. The van der Waals surface area contributed by atoms with Gasteiger partial charge in [-0.1, -0.05) is 0 Å². The molecule has 2 aromatic carbocycles. The molecule has 1 aromatic heterocycles. The molecule has 0 N–H and O–H groups in total. The number of hydrogen-bond donors (Lipinski definition) is 0. The average Bonchev–Trinajstić information content (AvgIpc) is 2.94. The maximum atomic E-state index is 13.2. The summed E-state index contributed by atoms with van der Waals surface area (Å²) in [4.78, 5) is -0.0944. The lowest BCUT2D eigenvalue weighted by Crippen LogP contribution is -2.10. The lowest BCUT2D eigenvalue weighted by atomic mass is 10.2. The van der Waals surface area contributed by atoms with E-state index in [1.165, 1.54) is 12.1 Å². The molecular formula is C16H14F2N2O3S. The summed E-state index contributed by atoms with van der Waals surface area (Å²) in [5.74, 6) is -2.56. The van der Waals surface area contributed by atoms with Crippen LogP contribution in [0, 0.1) is 11.6 Å². The van der Waals surface area contributed by atoms with Crippen LogP contribution < -0.4 is 4.18 Å². The molecule has 3 aromatic rings. The smallest absolute Gasteiger partial charge is 0.339 e. The van der Waals surface area contributed by atoms with Gasteiger partial charge >= 0.3 is 10.1 Å². The van der Waals surface area contributed by atoms with Crippen LogP contribution in [0.3, 0.4) is 0 Å². The van der Waals surface area contributed by atoms with Crippen molar-refractivity contribution >= 4 is 21.0 Å². The molecule has 126 valence electrons. The van der Waals surface area contributed by atoms with Crippen LogP contribution in [0.15, 0.2) is 47.5 Å². The highest BCUT2D eigenvalue weighted by Gasteiger charge is 2.19. The molecule has 0 saturated carbocycles. The molecule has 0 unspecified atom stereocenters. The van der Waals surface area contributed by atoms with Crippen molar-refractivity contribution in [2.75, 3.05) is 0 Å². The average molecular weight is 352 g/mol. The number of nitrogens with zero attached hydrogens (tertiary/aromatic N) is 2. The second-order valence-corrected chi connectivity index (χ2v) is 7.06. The van der Waals surface area contributed by atoms with Crippen molar-refractivity contribution < 1.29 is 21.4 Å². The highest BCUT2D eigenvalue weighted by atomic mass is 32.2. The van der Waals surface area contributed by atoms with Gasteiger partial charge in [0.25, 0.3) is 0 Å². The Bertz CT molecular complexity index is 1010. The van der Waals surface area contributed by atoms with Crippen LogP contribution in [0.2, 0.25) is 0 Å². The number of fused-ring (bicyclic) bond motifs is 1. The maximum Gasteiger partial charge on any atom is 0.339 e. The monoisotopic (exact) mass is 352 g/mol. The highest BCUT2D eigenvalue weighted by Crippen LogP contribution is 2.25. The third-order valence-electron chi connectivity index (χ3n) is 3.44. The molecule has 0 amide bonds. The van der Waals surface area contributed by atoms with E-state index in [1.54, 1.807) is 16.9 Å². The summed E-state index contributed by atoms with van der Waals surface area (Å²) in [6.07, 6.45) is 1.56. The minimum Gasteiger partial charge on any atom is -0.379 e. The van der Waals surface area contributed by atoms with E-state index in [-0.39, 0.29) is 16.7 Å². The SMILES string of the molecule is CC(C)n1ncc2cc(S(=O)(=O)Oc3ccc(F)c(F)c3)ccc21. The Hall–Kier alpha value is -2.48. The molecule has 0 fully saturated rings. The molecule has 0 aliphatic carbocycles. The predicted molar refractivity (Wildman–Crippen MR) is 84.3 cm³/mol. The zero-order chi connectivity index (χ0) is 17.5. The van der Waals surface area contributed by atoms with Crippen molar-refractivity contribution in [3.05, 3.63) is 54.2 Å². The minimum atomic E-state index is -4.17. The van der Waals surface area contributed by atoms with E-state index >= 15 is 0 Å². The van der Waals surface area contributed by atoms with Crippen molar-refractivity contribution in [3.8, 4) is 5.75 Å². The van der Waals surface area contributed by atoms with Gasteiger partial charge in [0.1, 0.15) is 10.6 Å². The van der Waals surface area contributed by atoms with Gasteiger partial charge < -0.3 is 4.18 Å². The molecule has 3 rings (SSSR count). The molecule has 0 radical (unpaired) electrons. The van der Waals surface area contributed by atoms with E-state index in [9.17, 15) is 17.2 Å². The summed E-state index contributed by atoms with van der Waals surface area (Å²) in [6, 6.07) is 7.10. The molecule has 5 nitrogen and oxygen atoms in total. The number of halogens is 2. The lowest BCUT2D eigenvalue weighted by molar-refractivity contribution is 0.472. The fourth-order valence-corrected chi connectivity index (χ4v) is 3.26. The quantitative estimate of drug-likeness (QED) is 0.672. The Morgan fingerprint density at radius 3 is 2.50 bits per heavy atom. The Kier molecular flexibility index (Phi) is 4.00. The van der Waals surface area contributed by atoms with Gasteiger partial charge in [-0.25, -0.2) is 8.78 Å². The van der Waals surface area contributed by atoms with Gasteiger partial charge in [0, 0.05) is 17.5 Å². The van der Waals surface area contributed by atoms with Gasteiger partial charge in [-0.2, -0.15) is 13.5 Å².